The number of nitrogens with zero attached hydrogens (tertiary/aromatic N) is 2. The van der Waals surface area contributed by atoms with Gasteiger partial charge in [0.2, 0.25) is 10.0 Å². The van der Waals surface area contributed by atoms with Gasteiger partial charge in [0.05, 0.1) is 6.26 Å². The second kappa shape index (κ2) is 6.26. The summed E-state index contributed by atoms with van der Waals surface area (Å²) in [5, 5.41) is 12.8. The highest BCUT2D eigenvalue weighted by atomic mass is 32.2. The van der Waals surface area contributed by atoms with Gasteiger partial charge in [-0.15, -0.1) is 10.2 Å². The molecule has 3 N–H and O–H groups in total. The van der Waals surface area contributed by atoms with Crippen LogP contribution in [0.4, 0.5) is 5.82 Å². The number of anilines is 1. The summed E-state index contributed by atoms with van der Waals surface area (Å²) in [6, 6.07) is 3.15. The molecule has 8 nitrogen and oxygen atoms in total. The molecule has 100 valence electrons. The molecule has 0 fully saturated rings. The van der Waals surface area contributed by atoms with Crippen molar-refractivity contribution in [1.82, 2.24) is 20.2 Å². The van der Waals surface area contributed by atoms with Gasteiger partial charge >= 0.3 is 0 Å². The summed E-state index contributed by atoms with van der Waals surface area (Å²) in [5.41, 5.74) is 0.174. The molecule has 0 saturated carbocycles. The summed E-state index contributed by atoms with van der Waals surface area (Å²) in [7, 11) is -1.54. The van der Waals surface area contributed by atoms with Crippen LogP contribution in [0.3, 0.4) is 0 Å². The van der Waals surface area contributed by atoms with E-state index in [2.05, 4.69) is 25.6 Å². The topological polar surface area (TPSA) is 113 Å². The van der Waals surface area contributed by atoms with Crippen LogP contribution in [0.5, 0.6) is 0 Å². The summed E-state index contributed by atoms with van der Waals surface area (Å²) in [6.07, 6.45) is 1.05. The van der Waals surface area contributed by atoms with Gasteiger partial charge in [-0.05, 0) is 12.1 Å². The smallest absolute Gasteiger partial charge is 0.271 e. The van der Waals surface area contributed by atoms with Crippen molar-refractivity contribution >= 4 is 21.7 Å². The fourth-order valence-corrected chi connectivity index (χ4v) is 1.56. The molecule has 0 aliphatic rings. The van der Waals surface area contributed by atoms with Gasteiger partial charge in [0.1, 0.15) is 5.82 Å². The Bertz CT molecular complexity index is 499. The van der Waals surface area contributed by atoms with Crippen LogP contribution in [0.25, 0.3) is 0 Å². The number of aromatic nitrogens is 2. The minimum atomic E-state index is -3.23. The van der Waals surface area contributed by atoms with Gasteiger partial charge in [-0.1, -0.05) is 0 Å². The fraction of sp³-hybridized carbons (Fsp3) is 0.444. The van der Waals surface area contributed by atoms with Crippen LogP contribution in [0.15, 0.2) is 12.1 Å². The van der Waals surface area contributed by atoms with Crippen molar-refractivity contribution in [3.8, 4) is 0 Å². The largest absolute Gasteiger partial charge is 0.372 e. The molecule has 1 rings (SSSR count). The highest BCUT2D eigenvalue weighted by molar-refractivity contribution is 7.88. The first-order valence-corrected chi connectivity index (χ1v) is 7.06. The normalized spacial score (nSPS) is 11.0. The highest BCUT2D eigenvalue weighted by Gasteiger charge is 2.07. The molecule has 0 bridgehead atoms. The molecule has 1 heterocycles. The van der Waals surface area contributed by atoms with Crippen molar-refractivity contribution < 1.29 is 13.2 Å². The van der Waals surface area contributed by atoms with E-state index in [4.69, 9.17) is 0 Å². The summed E-state index contributed by atoms with van der Waals surface area (Å²) in [5.74, 6) is 0.158. The number of amides is 1. The summed E-state index contributed by atoms with van der Waals surface area (Å²) < 4.78 is 23.8. The van der Waals surface area contributed by atoms with E-state index >= 15 is 0 Å². The summed E-state index contributed by atoms with van der Waals surface area (Å²) in [4.78, 5) is 11.6. The number of sulfonamides is 1. The maximum atomic E-state index is 11.6. The van der Waals surface area contributed by atoms with Gasteiger partial charge in [0.15, 0.2) is 5.69 Å². The molecule has 0 atom stereocenters. The van der Waals surface area contributed by atoms with Crippen molar-refractivity contribution in [2.45, 2.75) is 0 Å². The van der Waals surface area contributed by atoms with Gasteiger partial charge in [-0.2, -0.15) is 0 Å². The van der Waals surface area contributed by atoms with Crippen molar-refractivity contribution in [2.24, 2.45) is 0 Å². The molecule has 0 aromatic carbocycles. The maximum Gasteiger partial charge on any atom is 0.271 e. The number of carbonyl (C=O) groups excluding carboxylic acids is 1. The van der Waals surface area contributed by atoms with Crippen LogP contribution < -0.4 is 15.4 Å². The SMILES string of the molecule is CNc1ccc(C(=O)NCCNS(C)(=O)=O)nn1. The molecule has 0 saturated heterocycles. The molecular weight excluding hydrogens is 258 g/mol. The predicted molar refractivity (Wildman–Crippen MR) is 66.8 cm³/mol. The zero-order valence-corrected chi connectivity index (χ0v) is 10.9. The predicted octanol–water partition coefficient (Wildman–Crippen LogP) is -1.20. The molecule has 0 aliphatic carbocycles. The molecular formula is C9H15N5O3S. The van der Waals surface area contributed by atoms with E-state index < -0.39 is 15.9 Å². The lowest BCUT2D eigenvalue weighted by Gasteiger charge is -2.05. The minimum absolute atomic E-state index is 0.132. The number of nitrogens with one attached hydrogen (secondary N) is 3. The Morgan fingerprint density at radius 3 is 2.50 bits per heavy atom. The first kappa shape index (κ1) is 14.3. The standard InChI is InChI=1S/C9H15N5O3S/c1-10-8-4-3-7(13-14-8)9(15)11-5-6-12-18(2,16)17/h3-4,12H,5-6H2,1-2H3,(H,10,14)(H,11,15). The van der Waals surface area contributed by atoms with E-state index in [0.29, 0.717) is 5.82 Å². The Labute approximate surface area is 105 Å². The number of carbonyl (C=O) groups is 1. The molecule has 0 radical (unpaired) electrons. The summed E-state index contributed by atoms with van der Waals surface area (Å²) in [6.45, 7) is 0.313. The van der Waals surface area contributed by atoms with E-state index in [1.807, 2.05) is 0 Å². The number of rotatable bonds is 6. The van der Waals surface area contributed by atoms with Crippen molar-refractivity contribution in [1.29, 1.82) is 0 Å². The van der Waals surface area contributed by atoms with Gasteiger partial charge in [0, 0.05) is 20.1 Å². The minimum Gasteiger partial charge on any atom is -0.372 e. The van der Waals surface area contributed by atoms with E-state index in [9.17, 15) is 13.2 Å². The molecule has 0 spiro atoms. The second-order valence-electron chi connectivity index (χ2n) is 3.48. The lowest BCUT2D eigenvalue weighted by Crippen LogP contribution is -2.34. The van der Waals surface area contributed by atoms with Crippen LogP contribution in [0.1, 0.15) is 10.5 Å². The lowest BCUT2D eigenvalue weighted by molar-refractivity contribution is 0.0948. The van der Waals surface area contributed by atoms with E-state index in [1.54, 1.807) is 13.1 Å². The van der Waals surface area contributed by atoms with Gasteiger partial charge in [-0.25, -0.2) is 13.1 Å². The van der Waals surface area contributed by atoms with E-state index in [-0.39, 0.29) is 18.8 Å². The molecule has 0 unspecified atom stereocenters. The van der Waals surface area contributed by atoms with Crippen LogP contribution in [0, 0.1) is 0 Å². The van der Waals surface area contributed by atoms with Gasteiger partial charge in [-0.3, -0.25) is 4.79 Å². The van der Waals surface area contributed by atoms with Crippen LogP contribution in [-0.4, -0.2) is 50.9 Å². The molecule has 0 aliphatic heterocycles. The van der Waals surface area contributed by atoms with Crippen molar-refractivity contribution in [3.05, 3.63) is 17.8 Å². The zero-order chi connectivity index (χ0) is 13.6. The zero-order valence-electron chi connectivity index (χ0n) is 10.1. The molecule has 9 heteroatoms. The van der Waals surface area contributed by atoms with E-state index in [1.165, 1.54) is 6.07 Å². The number of hydrogen-bond acceptors (Lipinski definition) is 6. The summed E-state index contributed by atoms with van der Waals surface area (Å²) >= 11 is 0. The third-order valence-corrected chi connectivity index (χ3v) is 2.66. The Balaban J connectivity index is 2.40. The van der Waals surface area contributed by atoms with Crippen molar-refractivity contribution in [3.63, 3.8) is 0 Å². The Hall–Kier alpha value is -1.74. The van der Waals surface area contributed by atoms with Crippen LogP contribution >= 0.6 is 0 Å². The Kier molecular flexibility index (Phi) is 4.98. The van der Waals surface area contributed by atoms with Crippen molar-refractivity contribution in [2.75, 3.05) is 31.7 Å². The third-order valence-electron chi connectivity index (χ3n) is 1.93. The average molecular weight is 273 g/mol. The first-order chi connectivity index (χ1) is 8.42. The van der Waals surface area contributed by atoms with Crippen LogP contribution in [0.2, 0.25) is 0 Å². The second-order valence-corrected chi connectivity index (χ2v) is 5.31. The van der Waals surface area contributed by atoms with Gasteiger partial charge < -0.3 is 10.6 Å². The lowest BCUT2D eigenvalue weighted by atomic mass is 10.3. The Morgan fingerprint density at radius 2 is 2.00 bits per heavy atom. The molecule has 1 aromatic heterocycles. The first-order valence-electron chi connectivity index (χ1n) is 5.16. The number of hydrogen-bond donors (Lipinski definition) is 3. The fourth-order valence-electron chi connectivity index (χ4n) is 1.09. The quantitative estimate of drug-likeness (QED) is 0.561. The highest BCUT2D eigenvalue weighted by Crippen LogP contribution is 1.99. The monoisotopic (exact) mass is 273 g/mol. The molecule has 18 heavy (non-hydrogen) atoms. The maximum absolute atomic E-state index is 11.6. The molecule has 1 aromatic rings. The van der Waals surface area contributed by atoms with E-state index in [0.717, 1.165) is 6.26 Å². The average Bonchev–Trinajstić information content (AvgIpc) is 2.33. The van der Waals surface area contributed by atoms with Gasteiger partial charge in [0.25, 0.3) is 5.91 Å². The van der Waals surface area contributed by atoms with Crippen LogP contribution in [-0.2, 0) is 10.0 Å². The Morgan fingerprint density at radius 1 is 1.28 bits per heavy atom. The molecule has 1 amide bonds. The third kappa shape index (κ3) is 5.06.